The standard InChI is InChI=1S/C26H34N6O3/c1-26(2,3)35-25(33)32-10-8-31(9-11-32)23-5-4-19(17-28-23)24-21-16-20(29-22(21)6-7-27-24)18-30-12-14-34-15-13-30/h4-7,16-17,29H,8-15,18H2,1-3H3. The predicted molar refractivity (Wildman–Crippen MR) is 135 cm³/mol. The van der Waals surface area contributed by atoms with Crippen LogP contribution in [0.4, 0.5) is 10.6 Å². The highest BCUT2D eigenvalue weighted by molar-refractivity contribution is 5.93. The van der Waals surface area contributed by atoms with Crippen molar-refractivity contribution in [3.05, 3.63) is 42.4 Å². The molecule has 2 aliphatic heterocycles. The lowest BCUT2D eigenvalue weighted by Gasteiger charge is -2.36. The van der Waals surface area contributed by atoms with Crippen LogP contribution in [0.15, 0.2) is 36.7 Å². The number of carbonyl (C=O) groups is 1. The van der Waals surface area contributed by atoms with E-state index in [-0.39, 0.29) is 6.09 Å². The molecule has 186 valence electrons. The van der Waals surface area contributed by atoms with E-state index in [0.29, 0.717) is 13.1 Å². The topological polar surface area (TPSA) is 86.8 Å². The Bertz CT molecular complexity index is 1160. The summed E-state index contributed by atoms with van der Waals surface area (Å²) >= 11 is 0. The Kier molecular flexibility index (Phi) is 6.62. The average molecular weight is 479 g/mol. The molecule has 0 spiro atoms. The van der Waals surface area contributed by atoms with Gasteiger partial charge in [-0.3, -0.25) is 9.88 Å². The molecule has 0 aromatic carbocycles. The van der Waals surface area contributed by atoms with Crippen molar-refractivity contribution in [2.24, 2.45) is 0 Å². The molecule has 5 rings (SSSR count). The lowest BCUT2D eigenvalue weighted by Crippen LogP contribution is -2.50. The fourth-order valence-corrected chi connectivity index (χ4v) is 4.58. The van der Waals surface area contributed by atoms with Gasteiger partial charge in [-0.25, -0.2) is 9.78 Å². The maximum Gasteiger partial charge on any atom is 0.410 e. The number of carbonyl (C=O) groups excluding carboxylic acids is 1. The average Bonchev–Trinajstić information content (AvgIpc) is 3.26. The number of piperazine rings is 1. The monoisotopic (exact) mass is 478 g/mol. The summed E-state index contributed by atoms with van der Waals surface area (Å²) in [6, 6.07) is 8.35. The summed E-state index contributed by atoms with van der Waals surface area (Å²) in [5.41, 5.74) is 3.71. The summed E-state index contributed by atoms with van der Waals surface area (Å²) in [4.78, 5) is 31.7. The molecular formula is C26H34N6O3. The van der Waals surface area contributed by atoms with Crippen LogP contribution >= 0.6 is 0 Å². The summed E-state index contributed by atoms with van der Waals surface area (Å²) < 4.78 is 11.0. The smallest absolute Gasteiger partial charge is 0.410 e. The number of ether oxygens (including phenoxy) is 2. The summed E-state index contributed by atoms with van der Waals surface area (Å²) in [6.07, 6.45) is 3.49. The van der Waals surface area contributed by atoms with Crippen LogP contribution in [0.2, 0.25) is 0 Å². The number of morpholine rings is 1. The maximum atomic E-state index is 12.3. The van der Waals surface area contributed by atoms with Crippen molar-refractivity contribution in [2.45, 2.75) is 32.9 Å². The Balaban J connectivity index is 1.26. The number of aromatic nitrogens is 3. The van der Waals surface area contributed by atoms with E-state index in [9.17, 15) is 4.79 Å². The van der Waals surface area contributed by atoms with Crippen molar-refractivity contribution in [1.29, 1.82) is 0 Å². The number of anilines is 1. The molecule has 3 aromatic heterocycles. The molecule has 2 fully saturated rings. The quantitative estimate of drug-likeness (QED) is 0.614. The summed E-state index contributed by atoms with van der Waals surface area (Å²) in [7, 11) is 0. The maximum absolute atomic E-state index is 12.3. The Morgan fingerprint density at radius 3 is 2.51 bits per heavy atom. The molecule has 1 N–H and O–H groups in total. The third-order valence-electron chi connectivity index (χ3n) is 6.38. The van der Waals surface area contributed by atoms with Gasteiger partial charge in [-0.15, -0.1) is 0 Å². The fourth-order valence-electron chi connectivity index (χ4n) is 4.58. The molecule has 35 heavy (non-hydrogen) atoms. The zero-order chi connectivity index (χ0) is 24.4. The molecule has 0 radical (unpaired) electrons. The second-order valence-corrected chi connectivity index (χ2v) is 10.2. The van der Waals surface area contributed by atoms with E-state index < -0.39 is 5.60 Å². The molecule has 0 atom stereocenters. The lowest BCUT2D eigenvalue weighted by atomic mass is 10.1. The molecule has 0 saturated carbocycles. The summed E-state index contributed by atoms with van der Waals surface area (Å²) in [5.74, 6) is 0.909. The highest BCUT2D eigenvalue weighted by Gasteiger charge is 2.26. The van der Waals surface area contributed by atoms with Gasteiger partial charge in [0.05, 0.1) is 18.9 Å². The molecule has 3 aromatic rings. The first-order valence-electron chi connectivity index (χ1n) is 12.3. The third kappa shape index (κ3) is 5.57. The Morgan fingerprint density at radius 2 is 1.83 bits per heavy atom. The second-order valence-electron chi connectivity index (χ2n) is 10.2. The first-order chi connectivity index (χ1) is 16.9. The highest BCUT2D eigenvalue weighted by atomic mass is 16.6. The van der Waals surface area contributed by atoms with Crippen LogP contribution < -0.4 is 4.90 Å². The summed E-state index contributed by atoms with van der Waals surface area (Å²) in [5, 5.41) is 1.11. The first kappa shape index (κ1) is 23.6. The van der Waals surface area contributed by atoms with Gasteiger partial charge in [-0.2, -0.15) is 0 Å². The van der Waals surface area contributed by atoms with E-state index >= 15 is 0 Å². The zero-order valence-electron chi connectivity index (χ0n) is 20.8. The Morgan fingerprint density at radius 1 is 1.06 bits per heavy atom. The van der Waals surface area contributed by atoms with E-state index in [0.717, 1.165) is 73.9 Å². The minimum atomic E-state index is -0.481. The van der Waals surface area contributed by atoms with Gasteiger partial charge >= 0.3 is 6.09 Å². The van der Waals surface area contributed by atoms with Gasteiger partial charge in [0.25, 0.3) is 0 Å². The van der Waals surface area contributed by atoms with Gasteiger partial charge in [-0.1, -0.05) is 0 Å². The fraction of sp³-hybridized carbons (Fsp3) is 0.500. The molecule has 9 heteroatoms. The van der Waals surface area contributed by atoms with Crippen LogP contribution in [0.1, 0.15) is 26.5 Å². The minimum Gasteiger partial charge on any atom is -0.444 e. The van der Waals surface area contributed by atoms with Crippen LogP contribution in [-0.4, -0.2) is 88.9 Å². The van der Waals surface area contributed by atoms with E-state index in [2.05, 4.69) is 31.9 Å². The molecule has 0 bridgehead atoms. The number of pyridine rings is 2. The van der Waals surface area contributed by atoms with Crippen LogP contribution in [0.5, 0.6) is 0 Å². The lowest BCUT2D eigenvalue weighted by molar-refractivity contribution is 0.0240. The molecule has 0 unspecified atom stereocenters. The number of hydrogen-bond donors (Lipinski definition) is 1. The van der Waals surface area contributed by atoms with Crippen LogP contribution in [-0.2, 0) is 16.0 Å². The zero-order valence-corrected chi connectivity index (χ0v) is 20.8. The van der Waals surface area contributed by atoms with Gasteiger partial charge in [0.2, 0.25) is 0 Å². The number of nitrogens with zero attached hydrogens (tertiary/aromatic N) is 5. The van der Waals surface area contributed by atoms with Crippen LogP contribution in [0, 0.1) is 0 Å². The normalized spacial score (nSPS) is 17.7. The Labute approximate surface area is 206 Å². The van der Waals surface area contributed by atoms with Crippen molar-refractivity contribution in [3.8, 4) is 11.3 Å². The molecular weight excluding hydrogens is 444 g/mol. The first-order valence-corrected chi connectivity index (χ1v) is 12.3. The third-order valence-corrected chi connectivity index (χ3v) is 6.38. The van der Waals surface area contributed by atoms with E-state index in [1.165, 1.54) is 5.69 Å². The van der Waals surface area contributed by atoms with Crippen molar-refractivity contribution in [3.63, 3.8) is 0 Å². The van der Waals surface area contributed by atoms with Gasteiger partial charge < -0.3 is 24.3 Å². The number of fused-ring (bicyclic) bond motifs is 1. The van der Waals surface area contributed by atoms with Gasteiger partial charge in [0, 0.05) is 80.4 Å². The molecule has 0 aliphatic carbocycles. The van der Waals surface area contributed by atoms with Crippen LogP contribution in [0.25, 0.3) is 22.2 Å². The van der Waals surface area contributed by atoms with Crippen molar-refractivity contribution < 1.29 is 14.3 Å². The van der Waals surface area contributed by atoms with Crippen molar-refractivity contribution in [2.75, 3.05) is 57.4 Å². The Hall–Kier alpha value is -3.17. The van der Waals surface area contributed by atoms with Gasteiger partial charge in [-0.05, 0) is 45.0 Å². The second kappa shape index (κ2) is 9.83. The van der Waals surface area contributed by atoms with Gasteiger partial charge in [0.1, 0.15) is 11.4 Å². The number of aromatic amines is 1. The minimum absolute atomic E-state index is 0.251. The largest absolute Gasteiger partial charge is 0.444 e. The molecule has 1 amide bonds. The number of hydrogen-bond acceptors (Lipinski definition) is 7. The van der Waals surface area contributed by atoms with Crippen molar-refractivity contribution in [1.82, 2.24) is 24.8 Å². The SMILES string of the molecule is CC(C)(C)OC(=O)N1CCN(c2ccc(-c3nccc4[nH]c(CN5CCOCC5)cc34)cn2)CC1. The van der Waals surface area contributed by atoms with E-state index in [1.807, 2.05) is 45.3 Å². The number of amides is 1. The van der Waals surface area contributed by atoms with Crippen molar-refractivity contribution >= 4 is 22.8 Å². The number of rotatable bonds is 4. The predicted octanol–water partition coefficient (Wildman–Crippen LogP) is 3.51. The molecule has 2 aliphatic rings. The van der Waals surface area contributed by atoms with E-state index in [1.54, 1.807) is 4.90 Å². The highest BCUT2D eigenvalue weighted by Crippen LogP contribution is 2.28. The number of H-pyrrole nitrogens is 1. The number of nitrogens with one attached hydrogen (secondary N) is 1. The van der Waals surface area contributed by atoms with Crippen LogP contribution in [0.3, 0.4) is 0 Å². The molecule has 5 heterocycles. The molecule has 9 nitrogen and oxygen atoms in total. The van der Waals surface area contributed by atoms with Gasteiger partial charge in [0.15, 0.2) is 0 Å². The summed E-state index contributed by atoms with van der Waals surface area (Å²) in [6.45, 7) is 12.7. The van der Waals surface area contributed by atoms with E-state index in [4.69, 9.17) is 14.5 Å². The molecule has 2 saturated heterocycles.